The van der Waals surface area contributed by atoms with Crippen molar-refractivity contribution in [1.82, 2.24) is 20.2 Å². The molecular formula is C23H32N6O. The fourth-order valence-electron chi connectivity index (χ4n) is 5.20. The van der Waals surface area contributed by atoms with Gasteiger partial charge in [-0.2, -0.15) is 0 Å². The van der Waals surface area contributed by atoms with Crippen LogP contribution < -0.4 is 16.0 Å². The van der Waals surface area contributed by atoms with Crippen LogP contribution in [0.15, 0.2) is 36.7 Å². The molecule has 4 N–H and O–H groups in total. The van der Waals surface area contributed by atoms with Crippen molar-refractivity contribution < 1.29 is 5.11 Å². The van der Waals surface area contributed by atoms with E-state index in [1.165, 1.54) is 11.1 Å². The Bertz CT molecular complexity index is 855. The molecule has 30 heavy (non-hydrogen) atoms. The Balaban J connectivity index is 1.19. The summed E-state index contributed by atoms with van der Waals surface area (Å²) in [6, 6.07) is 11.6. The Hall–Kier alpha value is -2.22. The average molecular weight is 409 g/mol. The highest BCUT2D eigenvalue weighted by Crippen LogP contribution is 2.31. The Labute approximate surface area is 178 Å². The van der Waals surface area contributed by atoms with E-state index in [2.05, 4.69) is 55.1 Å². The van der Waals surface area contributed by atoms with E-state index < -0.39 is 0 Å². The van der Waals surface area contributed by atoms with E-state index in [4.69, 9.17) is 0 Å². The molecule has 0 radical (unpaired) electrons. The molecule has 1 aromatic carbocycles. The first-order chi connectivity index (χ1) is 14.7. The van der Waals surface area contributed by atoms with Crippen LogP contribution in [0.25, 0.3) is 0 Å². The molecule has 3 heterocycles. The molecule has 1 aliphatic carbocycles. The summed E-state index contributed by atoms with van der Waals surface area (Å²) >= 11 is 0. The SMILES string of the molecule is OC1CC(Nc2cc(NC3CCNCC3)ncn2)CC1N1CCc2ccccc2C1. The van der Waals surface area contributed by atoms with Gasteiger partial charge in [0, 0.05) is 37.3 Å². The number of hydrogen-bond donors (Lipinski definition) is 4. The van der Waals surface area contributed by atoms with Crippen LogP contribution in [0.1, 0.15) is 36.8 Å². The Kier molecular flexibility index (Phi) is 5.84. The fraction of sp³-hybridized carbons (Fsp3) is 0.565. The van der Waals surface area contributed by atoms with Crippen LogP contribution in [0.3, 0.4) is 0 Å². The molecule has 0 bridgehead atoms. The first-order valence-electron chi connectivity index (χ1n) is 11.3. The predicted molar refractivity (Wildman–Crippen MR) is 119 cm³/mol. The number of piperidine rings is 1. The highest BCUT2D eigenvalue weighted by Gasteiger charge is 2.38. The van der Waals surface area contributed by atoms with E-state index in [1.807, 2.05) is 6.07 Å². The van der Waals surface area contributed by atoms with Gasteiger partial charge in [0.15, 0.2) is 0 Å². The maximum absolute atomic E-state index is 10.8. The third-order valence-electron chi connectivity index (χ3n) is 6.84. The highest BCUT2D eigenvalue weighted by atomic mass is 16.3. The number of aliphatic hydroxyl groups excluding tert-OH is 1. The Morgan fingerprint density at radius 1 is 0.967 bits per heavy atom. The molecule has 3 aliphatic rings. The van der Waals surface area contributed by atoms with Gasteiger partial charge in [0.2, 0.25) is 0 Å². The zero-order valence-electron chi connectivity index (χ0n) is 17.4. The third-order valence-corrected chi connectivity index (χ3v) is 6.84. The van der Waals surface area contributed by atoms with Crippen molar-refractivity contribution in [3.8, 4) is 0 Å². The van der Waals surface area contributed by atoms with Crippen molar-refractivity contribution >= 4 is 11.6 Å². The summed E-state index contributed by atoms with van der Waals surface area (Å²) in [5, 5.41) is 21.2. The van der Waals surface area contributed by atoms with Gasteiger partial charge in [-0.1, -0.05) is 24.3 Å². The minimum Gasteiger partial charge on any atom is -0.391 e. The second-order valence-electron chi connectivity index (χ2n) is 8.89. The summed E-state index contributed by atoms with van der Waals surface area (Å²) < 4.78 is 0. The number of nitrogens with one attached hydrogen (secondary N) is 3. The molecule has 2 fully saturated rings. The summed E-state index contributed by atoms with van der Waals surface area (Å²) in [5.41, 5.74) is 2.85. The number of nitrogens with zero attached hydrogens (tertiary/aromatic N) is 3. The van der Waals surface area contributed by atoms with Crippen molar-refractivity contribution in [1.29, 1.82) is 0 Å². The summed E-state index contributed by atoms with van der Waals surface area (Å²) in [5.74, 6) is 1.71. The van der Waals surface area contributed by atoms with Crippen LogP contribution in [0.4, 0.5) is 11.6 Å². The largest absolute Gasteiger partial charge is 0.391 e. The molecule has 2 aromatic rings. The zero-order valence-corrected chi connectivity index (χ0v) is 17.4. The van der Waals surface area contributed by atoms with E-state index in [-0.39, 0.29) is 18.2 Å². The lowest BCUT2D eigenvalue weighted by molar-refractivity contribution is 0.0626. The van der Waals surface area contributed by atoms with Crippen molar-refractivity contribution in [2.75, 3.05) is 30.3 Å². The van der Waals surface area contributed by atoms with Crippen molar-refractivity contribution in [3.05, 3.63) is 47.8 Å². The number of hydrogen-bond acceptors (Lipinski definition) is 7. The predicted octanol–water partition coefficient (Wildman–Crippen LogP) is 2.00. The van der Waals surface area contributed by atoms with Gasteiger partial charge < -0.3 is 21.1 Å². The number of rotatable bonds is 5. The molecule has 2 aliphatic heterocycles. The fourth-order valence-corrected chi connectivity index (χ4v) is 5.20. The van der Waals surface area contributed by atoms with Crippen LogP contribution in [-0.2, 0) is 13.0 Å². The molecule has 7 nitrogen and oxygen atoms in total. The quantitative estimate of drug-likeness (QED) is 0.602. The van der Waals surface area contributed by atoms with Gasteiger partial charge in [0.25, 0.3) is 0 Å². The maximum atomic E-state index is 10.8. The number of anilines is 2. The van der Waals surface area contributed by atoms with Crippen LogP contribution in [0.2, 0.25) is 0 Å². The number of fused-ring (bicyclic) bond motifs is 1. The zero-order chi connectivity index (χ0) is 20.3. The summed E-state index contributed by atoms with van der Waals surface area (Å²) in [6.07, 6.45) is 6.30. The van der Waals surface area contributed by atoms with E-state index in [0.717, 1.165) is 69.9 Å². The van der Waals surface area contributed by atoms with Crippen LogP contribution in [0.5, 0.6) is 0 Å². The molecule has 1 saturated carbocycles. The first kappa shape index (κ1) is 19.7. The standard InChI is InChI=1S/C23H32N6O/c30-21-12-19(11-20(21)29-10-7-16-3-1-2-4-17(16)14-29)28-23-13-22(25-15-26-23)27-18-5-8-24-9-6-18/h1-4,13,15,18-21,24,30H,5-12,14H2,(H2,25,26,27,28). The molecular weight excluding hydrogens is 376 g/mol. The molecule has 7 heteroatoms. The van der Waals surface area contributed by atoms with Gasteiger partial charge in [0.1, 0.15) is 18.0 Å². The van der Waals surface area contributed by atoms with Crippen LogP contribution >= 0.6 is 0 Å². The van der Waals surface area contributed by atoms with E-state index in [9.17, 15) is 5.11 Å². The molecule has 160 valence electrons. The van der Waals surface area contributed by atoms with Crippen LogP contribution in [-0.4, -0.2) is 63.8 Å². The van der Waals surface area contributed by atoms with Gasteiger partial charge in [-0.05, 0) is 56.3 Å². The Morgan fingerprint density at radius 3 is 2.50 bits per heavy atom. The normalized spacial score (nSPS) is 27.6. The number of aliphatic hydroxyl groups is 1. The summed E-state index contributed by atoms with van der Waals surface area (Å²) in [6.45, 7) is 4.05. The molecule has 5 rings (SSSR count). The van der Waals surface area contributed by atoms with Crippen molar-refractivity contribution in [2.45, 2.75) is 62.9 Å². The lowest BCUT2D eigenvalue weighted by Gasteiger charge is -2.35. The maximum Gasteiger partial charge on any atom is 0.131 e. The molecule has 3 unspecified atom stereocenters. The molecule has 0 spiro atoms. The first-order valence-corrected chi connectivity index (χ1v) is 11.3. The Morgan fingerprint density at radius 2 is 1.70 bits per heavy atom. The van der Waals surface area contributed by atoms with E-state index in [0.29, 0.717) is 6.04 Å². The minimum absolute atomic E-state index is 0.199. The van der Waals surface area contributed by atoms with Gasteiger partial charge >= 0.3 is 0 Å². The summed E-state index contributed by atoms with van der Waals surface area (Å²) in [4.78, 5) is 11.3. The monoisotopic (exact) mass is 408 g/mol. The average Bonchev–Trinajstić information content (AvgIpc) is 3.14. The number of aromatic nitrogens is 2. The highest BCUT2D eigenvalue weighted by molar-refractivity contribution is 5.47. The number of benzene rings is 1. The van der Waals surface area contributed by atoms with Gasteiger partial charge in [-0.15, -0.1) is 0 Å². The molecule has 1 aromatic heterocycles. The summed E-state index contributed by atoms with van der Waals surface area (Å²) in [7, 11) is 0. The lowest BCUT2D eigenvalue weighted by Crippen LogP contribution is -2.43. The lowest BCUT2D eigenvalue weighted by atomic mass is 9.98. The van der Waals surface area contributed by atoms with Crippen molar-refractivity contribution in [3.63, 3.8) is 0 Å². The molecule has 3 atom stereocenters. The van der Waals surface area contributed by atoms with Gasteiger partial charge in [-0.3, -0.25) is 4.90 Å². The van der Waals surface area contributed by atoms with Crippen molar-refractivity contribution in [2.24, 2.45) is 0 Å². The minimum atomic E-state index is -0.304. The second-order valence-corrected chi connectivity index (χ2v) is 8.89. The van der Waals surface area contributed by atoms with E-state index >= 15 is 0 Å². The van der Waals surface area contributed by atoms with Gasteiger partial charge in [0.05, 0.1) is 6.10 Å². The van der Waals surface area contributed by atoms with E-state index in [1.54, 1.807) is 6.33 Å². The molecule has 1 saturated heterocycles. The van der Waals surface area contributed by atoms with Crippen LogP contribution in [0, 0.1) is 0 Å². The smallest absolute Gasteiger partial charge is 0.131 e. The molecule has 0 amide bonds. The second kappa shape index (κ2) is 8.88. The third kappa shape index (κ3) is 4.43. The topological polar surface area (TPSA) is 85.3 Å². The van der Waals surface area contributed by atoms with Gasteiger partial charge in [-0.25, -0.2) is 9.97 Å².